The van der Waals surface area contributed by atoms with Gasteiger partial charge in [0.1, 0.15) is 11.6 Å². The van der Waals surface area contributed by atoms with E-state index in [1.807, 2.05) is 0 Å². The minimum atomic E-state index is -3.04. The first-order chi connectivity index (χ1) is 12.8. The van der Waals surface area contributed by atoms with Gasteiger partial charge in [0, 0.05) is 25.8 Å². The minimum absolute atomic E-state index is 0.0195. The van der Waals surface area contributed by atoms with Gasteiger partial charge in [-0.2, -0.15) is 0 Å². The molecule has 1 aromatic heterocycles. The fourth-order valence-electron chi connectivity index (χ4n) is 3.06. The molecule has 1 N–H and O–H groups in total. The molecule has 0 spiro atoms. The molecule has 8 heteroatoms. The molecule has 2 heterocycles. The van der Waals surface area contributed by atoms with Gasteiger partial charge >= 0.3 is 0 Å². The number of amides is 1. The number of sulfone groups is 1. The maximum absolute atomic E-state index is 12.9. The van der Waals surface area contributed by atoms with Crippen molar-refractivity contribution in [3.63, 3.8) is 0 Å². The molecular weight excluding hydrogens is 369 g/mol. The lowest BCUT2D eigenvalue weighted by molar-refractivity contribution is 0.0747. The summed E-state index contributed by atoms with van der Waals surface area (Å²) >= 11 is 0. The smallest absolute Gasteiger partial charge is 0.255 e. The zero-order valence-corrected chi connectivity index (χ0v) is 15.9. The summed E-state index contributed by atoms with van der Waals surface area (Å²) in [6.07, 6.45) is 2.69. The molecule has 27 heavy (non-hydrogen) atoms. The van der Waals surface area contributed by atoms with Crippen LogP contribution in [0.2, 0.25) is 0 Å². The van der Waals surface area contributed by atoms with E-state index < -0.39 is 9.84 Å². The number of nitrogens with one attached hydrogen (secondary N) is 1. The predicted molar refractivity (Wildman–Crippen MR) is 102 cm³/mol. The van der Waals surface area contributed by atoms with Crippen LogP contribution in [0.25, 0.3) is 0 Å². The second-order valence-electron chi connectivity index (χ2n) is 6.71. The molecule has 3 rings (SSSR count). The van der Waals surface area contributed by atoms with Crippen LogP contribution in [0.3, 0.4) is 0 Å². The Hall–Kier alpha value is -2.48. The maximum atomic E-state index is 12.9. The average Bonchev–Trinajstić information content (AvgIpc) is 3.02. The molecule has 1 aliphatic heterocycles. The van der Waals surface area contributed by atoms with Gasteiger partial charge in [-0.1, -0.05) is 12.1 Å². The second-order valence-corrected chi connectivity index (χ2v) is 8.94. The molecule has 1 aliphatic rings. The number of halogens is 1. The van der Waals surface area contributed by atoms with E-state index in [0.29, 0.717) is 24.3 Å². The number of hydrogen-bond acceptors (Lipinski definition) is 5. The van der Waals surface area contributed by atoms with E-state index in [1.165, 1.54) is 23.2 Å². The van der Waals surface area contributed by atoms with Crippen molar-refractivity contribution in [1.82, 2.24) is 9.88 Å². The number of anilines is 1. The second kappa shape index (κ2) is 8.04. The Balaban J connectivity index is 1.53. The number of carbonyl (C=O) groups excluding carboxylic acids is 1. The third kappa shape index (κ3) is 5.03. The highest BCUT2D eigenvalue weighted by atomic mass is 32.2. The predicted octanol–water partition coefficient (Wildman–Crippen LogP) is 2.13. The van der Waals surface area contributed by atoms with Gasteiger partial charge in [0.15, 0.2) is 9.84 Å². The normalized spacial score (nSPS) is 18.2. The Labute approximate surface area is 158 Å². The van der Waals surface area contributed by atoms with E-state index in [2.05, 4.69) is 10.3 Å². The molecule has 144 valence electrons. The number of benzene rings is 1. The number of pyridine rings is 1. The summed E-state index contributed by atoms with van der Waals surface area (Å²) < 4.78 is 36.1. The van der Waals surface area contributed by atoms with E-state index in [0.717, 1.165) is 12.0 Å². The van der Waals surface area contributed by atoms with Crippen LogP contribution < -0.4 is 5.32 Å². The maximum Gasteiger partial charge on any atom is 0.255 e. The SMILES string of the molecule is CN(C(=O)c1ccc(NCCc2ccc(F)cc2)nc1)C1CCS(=O)(=O)C1. The monoisotopic (exact) mass is 391 g/mol. The highest BCUT2D eigenvalue weighted by Crippen LogP contribution is 2.18. The third-order valence-corrected chi connectivity index (χ3v) is 6.47. The fourth-order valence-corrected chi connectivity index (χ4v) is 4.84. The van der Waals surface area contributed by atoms with E-state index >= 15 is 0 Å². The topological polar surface area (TPSA) is 79.4 Å². The quantitative estimate of drug-likeness (QED) is 0.816. The molecule has 0 aliphatic carbocycles. The summed E-state index contributed by atoms with van der Waals surface area (Å²) in [6, 6.07) is 9.46. The van der Waals surface area contributed by atoms with Gasteiger partial charge in [-0.05, 0) is 42.7 Å². The summed E-state index contributed by atoms with van der Waals surface area (Å²) in [4.78, 5) is 18.3. The summed E-state index contributed by atoms with van der Waals surface area (Å²) in [5, 5.41) is 3.16. The molecule has 1 unspecified atom stereocenters. The van der Waals surface area contributed by atoms with Gasteiger partial charge in [0.05, 0.1) is 17.1 Å². The Morgan fingerprint density at radius 2 is 2.00 bits per heavy atom. The van der Waals surface area contributed by atoms with Crippen LogP contribution in [0.5, 0.6) is 0 Å². The first-order valence-corrected chi connectivity index (χ1v) is 10.6. The molecular formula is C19H22FN3O3S. The van der Waals surface area contributed by atoms with E-state index in [-0.39, 0.29) is 29.3 Å². The number of rotatable bonds is 6. The van der Waals surface area contributed by atoms with Crippen molar-refractivity contribution in [2.75, 3.05) is 30.4 Å². The zero-order valence-electron chi connectivity index (χ0n) is 15.1. The van der Waals surface area contributed by atoms with Gasteiger partial charge < -0.3 is 10.2 Å². The molecule has 0 bridgehead atoms. The summed E-state index contributed by atoms with van der Waals surface area (Å²) in [6.45, 7) is 0.631. The minimum Gasteiger partial charge on any atom is -0.370 e. The van der Waals surface area contributed by atoms with E-state index in [1.54, 1.807) is 31.3 Å². The number of nitrogens with zero attached hydrogens (tertiary/aromatic N) is 2. The zero-order chi connectivity index (χ0) is 19.4. The number of hydrogen-bond donors (Lipinski definition) is 1. The Morgan fingerprint density at radius 1 is 1.26 bits per heavy atom. The first-order valence-electron chi connectivity index (χ1n) is 8.76. The molecule has 6 nitrogen and oxygen atoms in total. The highest BCUT2D eigenvalue weighted by molar-refractivity contribution is 7.91. The Kier molecular flexibility index (Phi) is 5.74. The molecule has 0 radical (unpaired) electrons. The molecule has 0 saturated carbocycles. The van der Waals surface area contributed by atoms with Gasteiger partial charge in [-0.3, -0.25) is 4.79 Å². The summed E-state index contributed by atoms with van der Waals surface area (Å²) in [7, 11) is -1.41. The van der Waals surface area contributed by atoms with Crippen molar-refractivity contribution in [2.45, 2.75) is 18.9 Å². The lowest BCUT2D eigenvalue weighted by Gasteiger charge is -2.23. The highest BCUT2D eigenvalue weighted by Gasteiger charge is 2.33. The lowest BCUT2D eigenvalue weighted by atomic mass is 10.1. The summed E-state index contributed by atoms with van der Waals surface area (Å²) in [5.41, 5.74) is 1.44. The van der Waals surface area contributed by atoms with Crippen molar-refractivity contribution in [2.24, 2.45) is 0 Å². The van der Waals surface area contributed by atoms with E-state index in [9.17, 15) is 17.6 Å². The number of aromatic nitrogens is 1. The van der Waals surface area contributed by atoms with Crippen LogP contribution in [-0.2, 0) is 16.3 Å². The van der Waals surface area contributed by atoms with E-state index in [4.69, 9.17) is 0 Å². The standard InChI is InChI=1S/C19H22FN3O3S/c1-23(17-9-11-27(25,26)13-17)19(24)15-4-7-18(22-12-15)21-10-8-14-2-5-16(20)6-3-14/h2-7,12,17H,8-11,13H2,1H3,(H,21,22). The average molecular weight is 391 g/mol. The van der Waals surface area contributed by atoms with Crippen LogP contribution in [0.4, 0.5) is 10.2 Å². The largest absolute Gasteiger partial charge is 0.370 e. The fraction of sp³-hybridized carbons (Fsp3) is 0.368. The van der Waals surface area contributed by atoms with Crippen LogP contribution in [0.15, 0.2) is 42.6 Å². The molecule has 1 fully saturated rings. The van der Waals surface area contributed by atoms with Gasteiger partial charge in [-0.15, -0.1) is 0 Å². The summed E-state index contributed by atoms with van der Waals surface area (Å²) in [5.74, 6) is 0.298. The van der Waals surface area contributed by atoms with Crippen LogP contribution in [-0.4, -0.2) is 55.3 Å². The molecule has 1 atom stereocenters. The van der Waals surface area contributed by atoms with Gasteiger partial charge in [-0.25, -0.2) is 17.8 Å². The van der Waals surface area contributed by atoms with Crippen molar-refractivity contribution in [3.8, 4) is 0 Å². The Bertz CT molecular complexity index is 899. The van der Waals surface area contributed by atoms with Gasteiger partial charge in [0.2, 0.25) is 0 Å². The Morgan fingerprint density at radius 3 is 2.59 bits per heavy atom. The van der Waals surface area contributed by atoms with Crippen LogP contribution in [0, 0.1) is 5.82 Å². The van der Waals surface area contributed by atoms with Crippen LogP contribution >= 0.6 is 0 Å². The van der Waals surface area contributed by atoms with Crippen molar-refractivity contribution in [1.29, 1.82) is 0 Å². The molecule has 1 aromatic carbocycles. The number of carbonyl (C=O) groups is 1. The van der Waals surface area contributed by atoms with Crippen molar-refractivity contribution < 1.29 is 17.6 Å². The van der Waals surface area contributed by atoms with Crippen molar-refractivity contribution in [3.05, 3.63) is 59.5 Å². The van der Waals surface area contributed by atoms with Gasteiger partial charge in [0.25, 0.3) is 5.91 Å². The van der Waals surface area contributed by atoms with Crippen LogP contribution in [0.1, 0.15) is 22.3 Å². The van der Waals surface area contributed by atoms with Crippen molar-refractivity contribution >= 4 is 21.6 Å². The molecule has 2 aromatic rings. The third-order valence-electron chi connectivity index (χ3n) is 4.72. The lowest BCUT2D eigenvalue weighted by Crippen LogP contribution is -2.37. The molecule has 1 amide bonds. The molecule has 1 saturated heterocycles. The first kappa shape index (κ1) is 19.3.